The van der Waals surface area contributed by atoms with Crippen molar-refractivity contribution in [1.82, 2.24) is 0 Å². The number of benzene rings is 2. The zero-order chi connectivity index (χ0) is 16.1. The third-order valence-electron chi connectivity index (χ3n) is 2.63. The normalized spacial score (nSPS) is 9.91. The third kappa shape index (κ3) is 4.20. The van der Waals surface area contributed by atoms with E-state index in [0.29, 0.717) is 15.7 Å². The number of hydrogen-bond acceptors (Lipinski definition) is 3. The van der Waals surface area contributed by atoms with Crippen LogP contribution in [0.5, 0.6) is 5.75 Å². The summed E-state index contributed by atoms with van der Waals surface area (Å²) < 4.78 is 19.2. The van der Waals surface area contributed by atoms with Crippen LogP contribution >= 0.6 is 27.5 Å². The van der Waals surface area contributed by atoms with Crippen LogP contribution in [0.15, 0.2) is 40.9 Å². The van der Waals surface area contributed by atoms with Gasteiger partial charge in [-0.25, -0.2) is 4.39 Å². The van der Waals surface area contributed by atoms with Gasteiger partial charge >= 0.3 is 0 Å². The van der Waals surface area contributed by atoms with E-state index in [-0.39, 0.29) is 17.4 Å². The maximum Gasteiger partial charge on any atom is 0.262 e. The van der Waals surface area contributed by atoms with Gasteiger partial charge in [0.05, 0.1) is 10.6 Å². The maximum atomic E-state index is 13.5. The Morgan fingerprint density at radius 3 is 2.77 bits per heavy atom. The maximum absolute atomic E-state index is 13.5. The van der Waals surface area contributed by atoms with Crippen molar-refractivity contribution >= 4 is 39.1 Å². The molecule has 2 aromatic carbocycles. The van der Waals surface area contributed by atoms with Crippen LogP contribution in [0.1, 0.15) is 5.56 Å². The van der Waals surface area contributed by atoms with Gasteiger partial charge in [-0.3, -0.25) is 4.79 Å². The number of rotatable bonds is 4. The molecule has 0 radical (unpaired) electrons. The zero-order valence-electron chi connectivity index (χ0n) is 11.1. The molecule has 4 nitrogen and oxygen atoms in total. The lowest BCUT2D eigenvalue weighted by Crippen LogP contribution is -2.20. The average molecular weight is 384 g/mol. The van der Waals surface area contributed by atoms with E-state index in [1.165, 1.54) is 24.3 Å². The number of hydrogen-bond donors (Lipinski definition) is 1. The Morgan fingerprint density at radius 2 is 2.14 bits per heavy atom. The van der Waals surface area contributed by atoms with Crippen LogP contribution in [-0.2, 0) is 4.79 Å². The standard InChI is InChI=1S/C15H9BrClFN2O2/c16-10-2-4-14(13(18)5-10)22-8-15(21)20-11-3-1-9(7-19)12(17)6-11/h1-6H,8H2,(H,20,21). The number of nitrogens with one attached hydrogen (secondary N) is 1. The van der Waals surface area contributed by atoms with E-state index < -0.39 is 11.7 Å². The minimum Gasteiger partial charge on any atom is -0.481 e. The summed E-state index contributed by atoms with van der Waals surface area (Å²) in [6.07, 6.45) is 0. The van der Waals surface area contributed by atoms with Crippen LogP contribution in [-0.4, -0.2) is 12.5 Å². The fourth-order valence-corrected chi connectivity index (χ4v) is 2.17. The Labute approximate surface area is 139 Å². The van der Waals surface area contributed by atoms with Gasteiger partial charge in [0.1, 0.15) is 6.07 Å². The molecule has 2 rings (SSSR count). The summed E-state index contributed by atoms with van der Waals surface area (Å²) in [4.78, 5) is 11.8. The Kier molecular flexibility index (Phi) is 5.36. The molecular formula is C15H9BrClFN2O2. The predicted molar refractivity (Wildman–Crippen MR) is 84.4 cm³/mol. The van der Waals surface area contributed by atoms with Crippen LogP contribution < -0.4 is 10.1 Å². The molecule has 7 heteroatoms. The highest BCUT2D eigenvalue weighted by atomic mass is 79.9. The van der Waals surface area contributed by atoms with Crippen molar-refractivity contribution < 1.29 is 13.9 Å². The molecule has 1 N–H and O–H groups in total. The van der Waals surface area contributed by atoms with Crippen LogP contribution in [0.4, 0.5) is 10.1 Å². The number of anilines is 1. The molecule has 0 aliphatic carbocycles. The SMILES string of the molecule is N#Cc1ccc(NC(=O)COc2ccc(Br)cc2F)cc1Cl. The van der Waals surface area contributed by atoms with Crippen LogP contribution in [0, 0.1) is 17.1 Å². The van der Waals surface area contributed by atoms with Crippen LogP contribution in [0.3, 0.4) is 0 Å². The molecule has 0 aliphatic heterocycles. The van der Waals surface area contributed by atoms with Crippen molar-refractivity contribution in [2.75, 3.05) is 11.9 Å². The lowest BCUT2D eigenvalue weighted by Gasteiger charge is -2.09. The summed E-state index contributed by atoms with van der Waals surface area (Å²) in [5.74, 6) is -1.05. The van der Waals surface area contributed by atoms with Crippen molar-refractivity contribution in [3.63, 3.8) is 0 Å². The second kappa shape index (κ2) is 7.25. The monoisotopic (exact) mass is 382 g/mol. The molecule has 0 fully saturated rings. The van der Waals surface area contributed by atoms with Gasteiger partial charge in [-0.2, -0.15) is 5.26 Å². The number of halogens is 3. The van der Waals surface area contributed by atoms with E-state index >= 15 is 0 Å². The third-order valence-corrected chi connectivity index (χ3v) is 3.43. The topological polar surface area (TPSA) is 62.1 Å². The van der Waals surface area contributed by atoms with E-state index in [1.54, 1.807) is 12.1 Å². The first-order valence-electron chi connectivity index (χ1n) is 6.07. The molecule has 0 unspecified atom stereocenters. The van der Waals surface area contributed by atoms with Crippen molar-refractivity contribution in [1.29, 1.82) is 5.26 Å². The summed E-state index contributed by atoms with van der Waals surface area (Å²) in [6, 6.07) is 10.7. The largest absolute Gasteiger partial charge is 0.481 e. The van der Waals surface area contributed by atoms with E-state index in [4.69, 9.17) is 21.6 Å². The Morgan fingerprint density at radius 1 is 1.36 bits per heavy atom. The summed E-state index contributed by atoms with van der Waals surface area (Å²) in [6.45, 7) is -0.351. The van der Waals surface area contributed by atoms with E-state index in [9.17, 15) is 9.18 Å². The van der Waals surface area contributed by atoms with E-state index in [1.807, 2.05) is 6.07 Å². The number of ether oxygens (including phenoxy) is 1. The van der Waals surface area contributed by atoms with E-state index in [2.05, 4.69) is 21.2 Å². The minimum absolute atomic E-state index is 0.0174. The van der Waals surface area contributed by atoms with Gasteiger partial charge in [0.2, 0.25) is 0 Å². The quantitative estimate of drug-likeness (QED) is 0.863. The summed E-state index contributed by atoms with van der Waals surface area (Å²) in [7, 11) is 0. The first-order chi connectivity index (χ1) is 10.5. The molecule has 0 atom stereocenters. The van der Waals surface area contributed by atoms with Gasteiger partial charge in [0.25, 0.3) is 5.91 Å². The first kappa shape index (κ1) is 16.3. The number of carbonyl (C=O) groups is 1. The fourth-order valence-electron chi connectivity index (χ4n) is 1.62. The molecule has 0 heterocycles. The van der Waals surface area contributed by atoms with Gasteiger partial charge in [-0.15, -0.1) is 0 Å². The molecule has 0 saturated heterocycles. The molecule has 112 valence electrons. The van der Waals surface area contributed by atoms with Gasteiger partial charge < -0.3 is 10.1 Å². The second-order valence-electron chi connectivity index (χ2n) is 4.22. The molecule has 2 aromatic rings. The van der Waals surface area contributed by atoms with Gasteiger partial charge in [0.15, 0.2) is 18.2 Å². The summed E-state index contributed by atoms with van der Waals surface area (Å²) in [5.41, 5.74) is 0.738. The summed E-state index contributed by atoms with van der Waals surface area (Å²) in [5, 5.41) is 11.5. The molecule has 1 amide bonds. The average Bonchev–Trinajstić information content (AvgIpc) is 2.46. The Bertz CT molecular complexity index is 762. The van der Waals surface area contributed by atoms with Crippen molar-refractivity contribution in [3.8, 4) is 11.8 Å². The van der Waals surface area contributed by atoms with Gasteiger partial charge in [0, 0.05) is 10.2 Å². The van der Waals surface area contributed by atoms with Crippen molar-refractivity contribution in [2.45, 2.75) is 0 Å². The molecule has 0 aliphatic rings. The zero-order valence-corrected chi connectivity index (χ0v) is 13.4. The molecule has 0 saturated carbocycles. The minimum atomic E-state index is -0.566. The molecular weight excluding hydrogens is 375 g/mol. The highest BCUT2D eigenvalue weighted by Gasteiger charge is 2.09. The highest BCUT2D eigenvalue weighted by molar-refractivity contribution is 9.10. The van der Waals surface area contributed by atoms with Crippen molar-refractivity contribution in [3.05, 3.63) is 57.3 Å². The Hall–Kier alpha value is -2.10. The molecule has 0 bridgehead atoms. The molecule has 0 aromatic heterocycles. The van der Waals surface area contributed by atoms with Crippen LogP contribution in [0.2, 0.25) is 5.02 Å². The van der Waals surface area contributed by atoms with E-state index in [0.717, 1.165) is 0 Å². The second-order valence-corrected chi connectivity index (χ2v) is 5.54. The Balaban J connectivity index is 1.96. The number of nitrogens with zero attached hydrogens (tertiary/aromatic N) is 1. The lowest BCUT2D eigenvalue weighted by atomic mass is 10.2. The van der Waals surface area contributed by atoms with Gasteiger partial charge in [-0.1, -0.05) is 27.5 Å². The first-order valence-corrected chi connectivity index (χ1v) is 7.24. The number of amides is 1. The number of nitriles is 1. The predicted octanol–water partition coefficient (Wildman–Crippen LogP) is 4.13. The van der Waals surface area contributed by atoms with Crippen LogP contribution in [0.25, 0.3) is 0 Å². The molecule has 22 heavy (non-hydrogen) atoms. The lowest BCUT2D eigenvalue weighted by molar-refractivity contribution is -0.118. The fraction of sp³-hybridized carbons (Fsp3) is 0.0667. The summed E-state index contributed by atoms with van der Waals surface area (Å²) >= 11 is 8.99. The van der Waals surface area contributed by atoms with Gasteiger partial charge in [-0.05, 0) is 36.4 Å². The highest BCUT2D eigenvalue weighted by Crippen LogP contribution is 2.22. The number of carbonyl (C=O) groups excluding carboxylic acids is 1. The smallest absolute Gasteiger partial charge is 0.262 e. The van der Waals surface area contributed by atoms with Crippen molar-refractivity contribution in [2.24, 2.45) is 0 Å². The molecule has 0 spiro atoms.